The molecule has 6 heteroatoms. The Kier molecular flexibility index (Phi) is 7.58. The van der Waals surface area contributed by atoms with Gasteiger partial charge in [0.25, 0.3) is 5.56 Å². The van der Waals surface area contributed by atoms with Crippen LogP contribution in [0, 0.1) is 5.92 Å². The Morgan fingerprint density at radius 3 is 2.67 bits per heavy atom. The maximum atomic E-state index is 12.3. The average Bonchev–Trinajstić information content (AvgIpc) is 2.63. The first-order valence-electron chi connectivity index (χ1n) is 9.41. The fourth-order valence-corrected chi connectivity index (χ4v) is 2.86. The summed E-state index contributed by atoms with van der Waals surface area (Å²) in [5, 5.41) is 7.29. The number of nitrogens with one attached hydrogen (secondary N) is 1. The standard InChI is InChI=1S/C21H29N3O3/c1-15(2)7-5-8-16(3)22-20(25)14-24-21(26)12-11-19(23-24)17-9-6-10-18(13-17)27-4/h6,9-13,15-16H,5,7-8,14H2,1-4H3,(H,22,25)/t16-/m1/s1. The van der Waals surface area contributed by atoms with Crippen LogP contribution in [-0.4, -0.2) is 28.8 Å². The Labute approximate surface area is 160 Å². The van der Waals surface area contributed by atoms with E-state index in [1.54, 1.807) is 13.2 Å². The molecule has 0 aliphatic heterocycles. The van der Waals surface area contributed by atoms with Crippen LogP contribution in [0.2, 0.25) is 0 Å². The molecule has 27 heavy (non-hydrogen) atoms. The SMILES string of the molecule is COc1cccc(-c2ccc(=O)n(CC(=O)N[C@H](C)CCCC(C)C)n2)c1. The second-order valence-electron chi connectivity index (χ2n) is 7.24. The molecule has 0 unspecified atom stereocenters. The minimum atomic E-state index is -0.302. The fraction of sp³-hybridized carbons (Fsp3) is 0.476. The van der Waals surface area contributed by atoms with Gasteiger partial charge in [-0.1, -0.05) is 38.8 Å². The average molecular weight is 371 g/mol. The molecule has 0 fully saturated rings. The third-order valence-electron chi connectivity index (χ3n) is 4.35. The molecule has 1 aromatic heterocycles. The molecule has 1 aromatic carbocycles. The summed E-state index contributed by atoms with van der Waals surface area (Å²) in [6.45, 7) is 6.28. The molecule has 146 valence electrons. The summed E-state index contributed by atoms with van der Waals surface area (Å²) < 4.78 is 6.42. The van der Waals surface area contributed by atoms with Gasteiger partial charge >= 0.3 is 0 Å². The van der Waals surface area contributed by atoms with Crippen molar-refractivity contribution in [3.8, 4) is 17.0 Å². The number of methoxy groups -OCH3 is 1. The first-order valence-corrected chi connectivity index (χ1v) is 9.41. The van der Waals surface area contributed by atoms with Gasteiger partial charge in [-0.2, -0.15) is 5.10 Å². The van der Waals surface area contributed by atoms with Crippen molar-refractivity contribution >= 4 is 5.91 Å². The Morgan fingerprint density at radius 1 is 1.19 bits per heavy atom. The summed E-state index contributed by atoms with van der Waals surface area (Å²) in [5.41, 5.74) is 1.14. The van der Waals surface area contributed by atoms with Gasteiger partial charge in [-0.3, -0.25) is 9.59 Å². The molecule has 2 aromatic rings. The van der Waals surface area contributed by atoms with Crippen LogP contribution in [0.3, 0.4) is 0 Å². The monoisotopic (exact) mass is 371 g/mol. The van der Waals surface area contributed by atoms with Crippen LogP contribution in [0.25, 0.3) is 11.3 Å². The summed E-state index contributed by atoms with van der Waals surface area (Å²) in [6, 6.07) is 10.6. The van der Waals surface area contributed by atoms with E-state index in [0.29, 0.717) is 17.4 Å². The van der Waals surface area contributed by atoms with Gasteiger partial charge in [0.2, 0.25) is 5.91 Å². The lowest BCUT2D eigenvalue weighted by molar-refractivity contribution is -0.122. The van der Waals surface area contributed by atoms with E-state index in [-0.39, 0.29) is 24.1 Å². The highest BCUT2D eigenvalue weighted by atomic mass is 16.5. The number of carbonyl (C=O) groups is 1. The van der Waals surface area contributed by atoms with Gasteiger partial charge in [0.05, 0.1) is 12.8 Å². The number of nitrogens with zero attached hydrogens (tertiary/aromatic N) is 2. The van der Waals surface area contributed by atoms with E-state index >= 15 is 0 Å². The summed E-state index contributed by atoms with van der Waals surface area (Å²) in [5.74, 6) is 1.17. The number of amides is 1. The highest BCUT2D eigenvalue weighted by molar-refractivity contribution is 5.76. The molecular weight excluding hydrogens is 342 g/mol. The first kappa shape index (κ1) is 20.7. The number of hydrogen-bond donors (Lipinski definition) is 1. The first-order chi connectivity index (χ1) is 12.9. The highest BCUT2D eigenvalue weighted by Gasteiger charge is 2.11. The molecular formula is C21H29N3O3. The summed E-state index contributed by atoms with van der Waals surface area (Å²) in [4.78, 5) is 24.4. The maximum Gasteiger partial charge on any atom is 0.267 e. The molecule has 0 radical (unpaired) electrons. The predicted molar refractivity (Wildman–Crippen MR) is 107 cm³/mol. The van der Waals surface area contributed by atoms with E-state index in [9.17, 15) is 9.59 Å². The minimum absolute atomic E-state index is 0.0773. The molecule has 0 aliphatic carbocycles. The maximum absolute atomic E-state index is 12.3. The van der Waals surface area contributed by atoms with Crippen molar-refractivity contribution in [2.24, 2.45) is 5.92 Å². The van der Waals surface area contributed by atoms with Gasteiger partial charge in [0.1, 0.15) is 12.3 Å². The minimum Gasteiger partial charge on any atom is -0.497 e. The van der Waals surface area contributed by atoms with E-state index in [1.807, 2.05) is 31.2 Å². The van der Waals surface area contributed by atoms with Crippen molar-refractivity contribution in [1.29, 1.82) is 0 Å². The molecule has 1 heterocycles. The van der Waals surface area contributed by atoms with Crippen molar-refractivity contribution in [2.75, 3.05) is 7.11 Å². The molecule has 1 N–H and O–H groups in total. The Balaban J connectivity index is 2.03. The molecule has 0 spiro atoms. The summed E-state index contributed by atoms with van der Waals surface area (Å²) in [7, 11) is 1.60. The molecule has 1 amide bonds. The molecule has 2 rings (SSSR count). The van der Waals surface area contributed by atoms with Crippen molar-refractivity contribution in [2.45, 2.75) is 52.6 Å². The van der Waals surface area contributed by atoms with E-state index in [4.69, 9.17) is 4.74 Å². The zero-order chi connectivity index (χ0) is 19.8. The van der Waals surface area contributed by atoms with Gasteiger partial charge in [0, 0.05) is 17.7 Å². The van der Waals surface area contributed by atoms with Gasteiger partial charge in [-0.25, -0.2) is 4.68 Å². The van der Waals surface area contributed by atoms with Gasteiger partial charge in [-0.15, -0.1) is 0 Å². The predicted octanol–water partition coefficient (Wildman–Crippen LogP) is 3.25. The lowest BCUT2D eigenvalue weighted by atomic mass is 10.0. The molecule has 0 saturated heterocycles. The molecule has 0 bridgehead atoms. The second kappa shape index (κ2) is 9.90. The number of rotatable bonds is 9. The fourth-order valence-electron chi connectivity index (χ4n) is 2.86. The number of aromatic nitrogens is 2. The van der Waals surface area contributed by atoms with Gasteiger partial charge in [-0.05, 0) is 37.5 Å². The van der Waals surface area contributed by atoms with Crippen LogP contribution in [-0.2, 0) is 11.3 Å². The molecule has 6 nitrogen and oxygen atoms in total. The normalized spacial score (nSPS) is 12.0. The van der Waals surface area contributed by atoms with Crippen molar-refractivity contribution < 1.29 is 9.53 Å². The van der Waals surface area contributed by atoms with Crippen LogP contribution >= 0.6 is 0 Å². The number of ether oxygens (including phenoxy) is 1. The third kappa shape index (κ3) is 6.55. The van der Waals surface area contributed by atoms with Gasteiger partial charge < -0.3 is 10.1 Å². The van der Waals surface area contributed by atoms with E-state index in [1.165, 1.54) is 10.7 Å². The number of benzene rings is 1. The van der Waals surface area contributed by atoms with Crippen LogP contribution in [0.1, 0.15) is 40.0 Å². The Bertz CT molecular complexity index is 814. The number of carbonyl (C=O) groups excluding carboxylic acids is 1. The lowest BCUT2D eigenvalue weighted by Crippen LogP contribution is -2.38. The van der Waals surface area contributed by atoms with Crippen LogP contribution in [0.5, 0.6) is 5.75 Å². The van der Waals surface area contributed by atoms with Crippen molar-refractivity contribution in [3.05, 3.63) is 46.8 Å². The number of hydrogen-bond acceptors (Lipinski definition) is 4. The quantitative estimate of drug-likeness (QED) is 0.734. The second-order valence-corrected chi connectivity index (χ2v) is 7.24. The lowest BCUT2D eigenvalue weighted by Gasteiger charge is -2.15. The molecule has 0 aliphatic rings. The zero-order valence-corrected chi connectivity index (χ0v) is 16.6. The van der Waals surface area contributed by atoms with Crippen LogP contribution in [0.15, 0.2) is 41.2 Å². The Hall–Kier alpha value is -2.63. The zero-order valence-electron chi connectivity index (χ0n) is 16.6. The molecule has 1 atom stereocenters. The smallest absolute Gasteiger partial charge is 0.267 e. The Morgan fingerprint density at radius 2 is 1.96 bits per heavy atom. The summed E-state index contributed by atoms with van der Waals surface area (Å²) in [6.07, 6.45) is 3.14. The van der Waals surface area contributed by atoms with E-state index in [0.717, 1.165) is 24.8 Å². The van der Waals surface area contributed by atoms with Crippen LogP contribution < -0.4 is 15.6 Å². The van der Waals surface area contributed by atoms with Crippen molar-refractivity contribution in [3.63, 3.8) is 0 Å². The largest absolute Gasteiger partial charge is 0.497 e. The van der Waals surface area contributed by atoms with E-state index < -0.39 is 0 Å². The summed E-state index contributed by atoms with van der Waals surface area (Å²) >= 11 is 0. The third-order valence-corrected chi connectivity index (χ3v) is 4.35. The van der Waals surface area contributed by atoms with Crippen molar-refractivity contribution in [1.82, 2.24) is 15.1 Å². The molecule has 0 saturated carbocycles. The topological polar surface area (TPSA) is 73.2 Å². The van der Waals surface area contributed by atoms with Gasteiger partial charge in [0.15, 0.2) is 0 Å². The highest BCUT2D eigenvalue weighted by Crippen LogP contribution is 2.21. The van der Waals surface area contributed by atoms with Crippen LogP contribution in [0.4, 0.5) is 0 Å². The van der Waals surface area contributed by atoms with E-state index in [2.05, 4.69) is 24.3 Å².